The molecule has 127 heavy (non-hydrogen) atoms. The van der Waals surface area contributed by atoms with Gasteiger partial charge in [0.1, 0.15) is 89.8 Å². The summed E-state index contributed by atoms with van der Waals surface area (Å²) in [5, 5.41) is 39.1. The van der Waals surface area contributed by atoms with Gasteiger partial charge in [0, 0.05) is 100.0 Å². The maximum atomic E-state index is 15.8. The highest BCUT2D eigenvalue weighted by Crippen LogP contribution is 2.28. The lowest BCUT2D eigenvalue weighted by atomic mass is 9.99. The quantitative estimate of drug-likeness (QED) is 0.0455. The van der Waals surface area contributed by atoms with Crippen molar-refractivity contribution in [2.75, 3.05) is 65.4 Å². The molecule has 38 heteroatoms. The van der Waals surface area contributed by atoms with Crippen molar-refractivity contribution in [1.82, 2.24) is 87.6 Å². The fourth-order valence-corrected chi connectivity index (χ4v) is 17.1. The normalized spacial score (nSPS) is 25.0. The van der Waals surface area contributed by atoms with Gasteiger partial charge >= 0.3 is 0 Å². The summed E-state index contributed by atoms with van der Waals surface area (Å²) in [6.07, 6.45) is 5.65. The lowest BCUT2D eigenvalue weighted by Gasteiger charge is -2.36. The van der Waals surface area contributed by atoms with E-state index in [1.165, 1.54) is 85.8 Å². The SMILES string of the molecule is CCCC[C@H]1C(=O)N(C)[C@@H](CCCC)C(=O)N[C@@H](CC(C)C)C(=O)N[C@H](C(=O)NCC(N)=O)CSCC(=O)N[C@@H](Cc2ccc(O)cc2)C(=O)N(C)[C@@H](C)C(=O)NC(C)(C)C(=O)N2CCC[C@H]2C(=O)N[C@@H](CN)C(=O)N[C@@H](CC(C)C)C(=O)N2CCC[C@H]2C(=O)N[C@@H](Cc2c[nH]c3ccccc23)C(=O)N[C@@H](CCN)C(=O)N[C@@H](Cc2c[nH]c3ccccc23)C(=O)N1C. The summed E-state index contributed by atoms with van der Waals surface area (Å²) in [7, 11) is 4.14. The Kier molecular flexibility index (Phi) is 37.5. The van der Waals surface area contributed by atoms with Crippen LogP contribution in [-0.4, -0.2) is 284 Å². The Morgan fingerprint density at radius 2 is 1.01 bits per heavy atom. The molecule has 16 amide bonds. The van der Waals surface area contributed by atoms with Gasteiger partial charge in [-0.1, -0.05) is 116 Å². The van der Waals surface area contributed by atoms with E-state index in [0.29, 0.717) is 77.0 Å². The number of nitrogens with one attached hydrogen (secondary N) is 12. The maximum Gasteiger partial charge on any atom is 0.248 e. The zero-order chi connectivity index (χ0) is 93.3. The van der Waals surface area contributed by atoms with Crippen molar-refractivity contribution in [2.24, 2.45) is 29.0 Å². The second-order valence-corrected chi connectivity index (χ2v) is 35.6. The van der Waals surface area contributed by atoms with Crippen molar-refractivity contribution in [3.8, 4) is 5.75 Å². The number of primary amides is 1. The number of fused-ring (bicyclic) bond motifs is 4. The summed E-state index contributed by atoms with van der Waals surface area (Å²) >= 11 is 0.841. The number of aromatic nitrogens is 2. The third-order valence-corrected chi connectivity index (χ3v) is 24.5. The number of benzene rings is 3. The summed E-state index contributed by atoms with van der Waals surface area (Å²) in [5.41, 5.74) is 19.3. The van der Waals surface area contributed by atoms with Gasteiger partial charge < -0.3 is 110 Å². The van der Waals surface area contributed by atoms with Crippen LogP contribution in [0.3, 0.4) is 0 Å². The summed E-state index contributed by atoms with van der Waals surface area (Å²) in [5.74, 6) is -14.1. The summed E-state index contributed by atoms with van der Waals surface area (Å²) in [6, 6.07) is 2.56. The first-order valence-electron chi connectivity index (χ1n) is 43.9. The van der Waals surface area contributed by atoms with E-state index in [2.05, 4.69) is 63.1 Å². The summed E-state index contributed by atoms with van der Waals surface area (Å²) in [4.78, 5) is 248. The van der Waals surface area contributed by atoms with Crippen LogP contribution in [0.25, 0.3) is 21.8 Å². The van der Waals surface area contributed by atoms with Crippen molar-refractivity contribution in [1.29, 1.82) is 0 Å². The molecule has 0 aliphatic carbocycles. The van der Waals surface area contributed by atoms with E-state index in [-0.39, 0.29) is 107 Å². The highest BCUT2D eigenvalue weighted by molar-refractivity contribution is 8.00. The van der Waals surface area contributed by atoms with Crippen LogP contribution in [0.1, 0.15) is 162 Å². The van der Waals surface area contributed by atoms with Gasteiger partial charge in [-0.05, 0) is 138 Å². The lowest BCUT2D eigenvalue weighted by molar-refractivity contribution is -0.149. The molecule has 0 radical (unpaired) electrons. The molecule has 3 aliphatic rings. The molecule has 2 aromatic heterocycles. The predicted molar refractivity (Wildman–Crippen MR) is 479 cm³/mol. The third kappa shape index (κ3) is 27.4. The van der Waals surface area contributed by atoms with E-state index in [1.807, 2.05) is 64.1 Å². The molecule has 694 valence electrons. The van der Waals surface area contributed by atoms with Gasteiger partial charge in [0.05, 0.1) is 12.3 Å². The van der Waals surface area contributed by atoms with Gasteiger partial charge in [0.2, 0.25) is 94.5 Å². The molecule has 37 nitrogen and oxygen atoms in total. The molecule has 5 heterocycles. The lowest BCUT2D eigenvalue weighted by Crippen LogP contribution is -2.63. The third-order valence-electron chi connectivity index (χ3n) is 23.5. The molecule has 3 fully saturated rings. The first-order valence-corrected chi connectivity index (χ1v) is 45.0. The molecule has 8 rings (SSSR count). The van der Waals surface area contributed by atoms with Gasteiger partial charge in [-0.3, -0.25) is 76.7 Å². The first kappa shape index (κ1) is 101. The van der Waals surface area contributed by atoms with Crippen LogP contribution in [0.15, 0.2) is 85.2 Å². The van der Waals surface area contributed by atoms with Gasteiger partial charge in [-0.15, -0.1) is 11.8 Å². The Hall–Kier alpha value is -11.7. The standard InChI is InChI=1S/C89H130N20O17S/c1-13-15-27-69-81(119)98-62(39-50(3)4)78(116)103-68(76(114)95-47-73(92)111)48-127-49-74(112)96-65(41-53-31-33-56(110)34-32-53)84(122)105(10)52(7)75(113)104-89(8,9)88(126)109-38-22-30-71(109)83(121)102-67(44-91)80(118)100-64(40-51(5)6)86(124)108-37-21-29-70(108)82(120)99-63(42-54-45-93-59-25-19-17-23-57(54)59)79(117)97-61(35-36-90)77(115)101-66(43-55-46-94-60-26-20-18-24-58(55)60)85(123)107(12)72(28-16-14-2)87(125)106(69)11/h17-20,23-26,31-34,45-46,50-52,61-72,93-94,110H,13-16,21-22,27-30,35-44,47-49,90-91H2,1-12H3,(H2,92,111)(H,95,114)(H,96,112)(H,97,117)(H,98,119)(H,99,120)(H,100,118)(H,101,115)(H,102,121)(H,103,116)(H,104,113)/t52-,61-,62-,63-,64-,65-,66-,67-,68-,69-,70-,71-,72-/m0/s1. The fourth-order valence-electron chi connectivity index (χ4n) is 16.2. The molecule has 0 saturated carbocycles. The number of aromatic hydroxyl groups is 1. The predicted octanol–water partition coefficient (Wildman–Crippen LogP) is 0.767. The van der Waals surface area contributed by atoms with E-state index < -0.39 is 197 Å². The Bertz CT molecular complexity index is 4730. The number of H-pyrrole nitrogens is 2. The number of hydrogen-bond donors (Lipinski definition) is 16. The molecule has 0 unspecified atom stereocenters. The number of nitrogens with two attached hydrogens (primary N) is 3. The van der Waals surface area contributed by atoms with Gasteiger partial charge in [-0.2, -0.15) is 0 Å². The Balaban J connectivity index is 1.17. The Morgan fingerprint density at radius 3 is 1.58 bits per heavy atom. The fraction of sp³-hybridized carbons (Fsp3) is 0.573. The first-order chi connectivity index (χ1) is 60.3. The minimum atomic E-state index is -1.76. The number of phenols is 1. The molecule has 3 aliphatic heterocycles. The van der Waals surface area contributed by atoms with E-state index in [0.717, 1.165) is 16.7 Å². The van der Waals surface area contributed by atoms with E-state index in [4.69, 9.17) is 17.2 Å². The molecule has 0 spiro atoms. The number of thioether (sulfide) groups is 1. The minimum absolute atomic E-state index is 0.0140. The number of nitrogens with zero attached hydrogens (tertiary/aromatic N) is 5. The number of unbranched alkanes of at least 4 members (excludes halogenated alkanes) is 2. The number of carbonyl (C=O) groups is 16. The van der Waals surface area contributed by atoms with Crippen molar-refractivity contribution >= 4 is 128 Å². The van der Waals surface area contributed by atoms with Crippen molar-refractivity contribution in [2.45, 2.75) is 249 Å². The van der Waals surface area contributed by atoms with Crippen molar-refractivity contribution < 1.29 is 81.8 Å². The second-order valence-electron chi connectivity index (χ2n) is 34.6. The zero-order valence-electron chi connectivity index (χ0n) is 74.9. The van der Waals surface area contributed by atoms with Crippen LogP contribution >= 0.6 is 11.8 Å². The molecule has 19 N–H and O–H groups in total. The monoisotopic (exact) mass is 1780 g/mol. The maximum absolute atomic E-state index is 15.8. The van der Waals surface area contributed by atoms with Gasteiger partial charge in [0.15, 0.2) is 0 Å². The van der Waals surface area contributed by atoms with Gasteiger partial charge in [-0.25, -0.2) is 0 Å². The molecule has 5 aromatic rings. The highest BCUT2D eigenvalue weighted by atomic mass is 32.2. The van der Waals surface area contributed by atoms with Crippen LogP contribution in [-0.2, 0) is 96.0 Å². The Morgan fingerprint density at radius 1 is 0.528 bits per heavy atom. The van der Waals surface area contributed by atoms with Crippen LogP contribution < -0.4 is 70.4 Å². The highest BCUT2D eigenvalue weighted by Gasteiger charge is 2.47. The molecule has 3 aromatic carbocycles. The van der Waals surface area contributed by atoms with E-state index in [1.54, 1.807) is 38.4 Å². The van der Waals surface area contributed by atoms with Crippen LogP contribution in [0.4, 0.5) is 0 Å². The molecular formula is C89H130N20O17S. The van der Waals surface area contributed by atoms with Crippen LogP contribution in [0.5, 0.6) is 5.75 Å². The second kappa shape index (κ2) is 47.2. The topological polar surface area (TPSA) is 539 Å². The summed E-state index contributed by atoms with van der Waals surface area (Å²) < 4.78 is 0. The van der Waals surface area contributed by atoms with Crippen molar-refractivity contribution in [3.63, 3.8) is 0 Å². The number of phenolic OH excluding ortho intramolecular Hbond substituents is 1. The number of likely N-dealkylation sites (N-methyl/N-ethyl adjacent to an activating group) is 3. The number of rotatable bonds is 22. The molecule has 0 bridgehead atoms. The zero-order valence-corrected chi connectivity index (χ0v) is 75.7. The van der Waals surface area contributed by atoms with E-state index in [9.17, 15) is 48.3 Å². The van der Waals surface area contributed by atoms with Gasteiger partial charge in [0.25, 0.3) is 0 Å². The number of hydrogen-bond acceptors (Lipinski definition) is 20. The van der Waals surface area contributed by atoms with Crippen LogP contribution in [0, 0.1) is 11.8 Å². The Labute approximate surface area is 745 Å². The summed E-state index contributed by atoms with van der Waals surface area (Å²) in [6.45, 7) is 14.0. The van der Waals surface area contributed by atoms with Crippen molar-refractivity contribution in [3.05, 3.63) is 102 Å². The average Bonchev–Trinajstić information content (AvgIpc) is 1.73. The number of aromatic amines is 2. The number of carbonyl (C=O) groups excluding carboxylic acids is 16. The molecule has 13 atom stereocenters. The number of amides is 16. The van der Waals surface area contributed by atoms with Crippen LogP contribution in [0.2, 0.25) is 0 Å². The minimum Gasteiger partial charge on any atom is -0.508 e. The largest absolute Gasteiger partial charge is 0.508 e. The van der Waals surface area contributed by atoms with E-state index >= 15 is 33.6 Å². The smallest absolute Gasteiger partial charge is 0.248 e. The molecular weight excluding hydrogens is 1650 g/mol. The average molecular weight is 1780 g/mol. The number of para-hydroxylation sites is 2. The molecule has 3 saturated heterocycles.